The minimum Gasteiger partial charge on any atom is -0.386 e. The molecule has 3 heterocycles. The van der Waals surface area contributed by atoms with Crippen LogP contribution in [0.4, 0.5) is 29.2 Å². The van der Waals surface area contributed by atoms with Gasteiger partial charge in [0, 0.05) is 42.2 Å². The summed E-state index contributed by atoms with van der Waals surface area (Å²) in [7, 11) is 0. The Labute approximate surface area is 169 Å². The van der Waals surface area contributed by atoms with E-state index in [1.807, 2.05) is 4.90 Å². The standard InChI is InChI=1S/C20H19F4N5O/c1-11-14-8-25-16(29-9-19(2,30)10-29)6-13(14)18(28-27-11)26-7-12-4-3-5-15(17(12)21)20(22,23)24/h3-6,8,30H,7,9-10H2,1-2H3,(H,26,28). The van der Waals surface area contributed by atoms with Gasteiger partial charge < -0.3 is 15.3 Å². The molecule has 3 aromatic rings. The van der Waals surface area contributed by atoms with Crippen LogP contribution in [0.2, 0.25) is 0 Å². The molecule has 2 N–H and O–H groups in total. The monoisotopic (exact) mass is 421 g/mol. The topological polar surface area (TPSA) is 74.2 Å². The van der Waals surface area contributed by atoms with Crippen molar-refractivity contribution in [1.29, 1.82) is 0 Å². The molecule has 0 spiro atoms. The highest BCUT2D eigenvalue weighted by Crippen LogP contribution is 2.33. The third-order valence-electron chi connectivity index (χ3n) is 5.05. The zero-order chi connectivity index (χ0) is 21.7. The predicted molar refractivity (Wildman–Crippen MR) is 104 cm³/mol. The van der Waals surface area contributed by atoms with E-state index in [2.05, 4.69) is 20.5 Å². The lowest BCUT2D eigenvalue weighted by Crippen LogP contribution is -2.60. The normalized spacial score (nSPS) is 15.9. The summed E-state index contributed by atoms with van der Waals surface area (Å²) in [6.07, 6.45) is -3.13. The van der Waals surface area contributed by atoms with E-state index in [1.165, 1.54) is 12.1 Å². The fourth-order valence-corrected chi connectivity index (χ4v) is 3.52. The molecule has 0 bridgehead atoms. The Bertz CT molecular complexity index is 1110. The molecule has 1 aliphatic heterocycles. The molecule has 2 aromatic heterocycles. The Morgan fingerprint density at radius 1 is 1.20 bits per heavy atom. The first-order valence-electron chi connectivity index (χ1n) is 9.24. The number of hydrogen-bond acceptors (Lipinski definition) is 6. The van der Waals surface area contributed by atoms with Gasteiger partial charge in [0.15, 0.2) is 5.82 Å². The van der Waals surface area contributed by atoms with Gasteiger partial charge in [0.1, 0.15) is 11.6 Å². The molecule has 0 aliphatic carbocycles. The highest BCUT2D eigenvalue weighted by Gasteiger charge is 2.37. The van der Waals surface area contributed by atoms with Crippen LogP contribution in [0, 0.1) is 12.7 Å². The van der Waals surface area contributed by atoms with Crippen molar-refractivity contribution in [3.63, 3.8) is 0 Å². The van der Waals surface area contributed by atoms with Crippen LogP contribution < -0.4 is 10.2 Å². The molecule has 6 nitrogen and oxygen atoms in total. The number of aliphatic hydroxyl groups is 1. The van der Waals surface area contributed by atoms with Gasteiger partial charge in [0.2, 0.25) is 0 Å². The molecule has 0 unspecified atom stereocenters. The average molecular weight is 421 g/mol. The SMILES string of the molecule is Cc1nnc(NCc2cccc(C(F)(F)F)c2F)c2cc(N3CC(C)(O)C3)ncc12. The zero-order valence-electron chi connectivity index (χ0n) is 16.3. The second kappa shape index (κ2) is 7.05. The molecule has 4 rings (SSSR count). The predicted octanol–water partition coefficient (Wildman–Crippen LogP) is 3.67. The third-order valence-corrected chi connectivity index (χ3v) is 5.05. The Balaban J connectivity index is 1.64. The van der Waals surface area contributed by atoms with Gasteiger partial charge in [-0.3, -0.25) is 0 Å². The lowest BCUT2D eigenvalue weighted by Gasteiger charge is -2.45. The van der Waals surface area contributed by atoms with Crippen molar-refractivity contribution < 1.29 is 22.7 Å². The number of alkyl halides is 3. The zero-order valence-corrected chi connectivity index (χ0v) is 16.3. The van der Waals surface area contributed by atoms with Crippen LogP contribution in [0.3, 0.4) is 0 Å². The average Bonchev–Trinajstić information content (AvgIpc) is 2.65. The number of β-amino-alcohol motifs (C(OH)–C–C–N with tert-alkyl or cyclic N) is 1. The first-order valence-corrected chi connectivity index (χ1v) is 9.24. The number of rotatable bonds is 4. The van der Waals surface area contributed by atoms with Crippen molar-refractivity contribution in [1.82, 2.24) is 15.2 Å². The van der Waals surface area contributed by atoms with E-state index >= 15 is 0 Å². The number of benzene rings is 1. The summed E-state index contributed by atoms with van der Waals surface area (Å²) in [5.41, 5.74) is -1.58. The largest absolute Gasteiger partial charge is 0.419 e. The van der Waals surface area contributed by atoms with E-state index in [-0.39, 0.29) is 12.1 Å². The highest BCUT2D eigenvalue weighted by atomic mass is 19.4. The Morgan fingerprint density at radius 2 is 1.93 bits per heavy atom. The van der Waals surface area contributed by atoms with Crippen LogP contribution in [0.15, 0.2) is 30.5 Å². The van der Waals surface area contributed by atoms with E-state index < -0.39 is 23.2 Å². The Kier molecular flexibility index (Phi) is 4.76. The van der Waals surface area contributed by atoms with E-state index in [0.717, 1.165) is 0 Å². The van der Waals surface area contributed by atoms with Gasteiger partial charge in [-0.15, -0.1) is 5.10 Å². The highest BCUT2D eigenvalue weighted by molar-refractivity contribution is 5.94. The van der Waals surface area contributed by atoms with Gasteiger partial charge in [0.25, 0.3) is 0 Å². The van der Waals surface area contributed by atoms with Crippen LogP contribution >= 0.6 is 0 Å². The first kappa shape index (κ1) is 20.3. The fourth-order valence-electron chi connectivity index (χ4n) is 3.52. The molecule has 30 heavy (non-hydrogen) atoms. The summed E-state index contributed by atoms with van der Waals surface area (Å²) in [6, 6.07) is 4.94. The molecule has 0 radical (unpaired) electrons. The minimum absolute atomic E-state index is 0.131. The maximum atomic E-state index is 14.3. The molecule has 0 atom stereocenters. The van der Waals surface area contributed by atoms with Crippen molar-refractivity contribution in [3.05, 3.63) is 53.1 Å². The molecule has 158 valence electrons. The van der Waals surface area contributed by atoms with Crippen LogP contribution in [-0.4, -0.2) is 39.0 Å². The number of hydrogen-bond donors (Lipinski definition) is 2. The van der Waals surface area contributed by atoms with Gasteiger partial charge in [-0.25, -0.2) is 9.37 Å². The van der Waals surface area contributed by atoms with E-state index in [1.54, 1.807) is 26.1 Å². The lowest BCUT2D eigenvalue weighted by molar-refractivity contribution is -0.140. The number of nitrogens with one attached hydrogen (secondary N) is 1. The molecule has 0 saturated carbocycles. The summed E-state index contributed by atoms with van der Waals surface area (Å²) in [5.74, 6) is -0.370. The van der Waals surface area contributed by atoms with E-state index in [0.29, 0.717) is 47.3 Å². The maximum Gasteiger partial charge on any atom is 0.419 e. The second-order valence-corrected chi connectivity index (χ2v) is 7.71. The Hall–Kier alpha value is -3.01. The number of halogens is 4. The summed E-state index contributed by atoms with van der Waals surface area (Å²) < 4.78 is 53.1. The van der Waals surface area contributed by atoms with Gasteiger partial charge in [-0.05, 0) is 26.0 Å². The summed E-state index contributed by atoms with van der Waals surface area (Å²) in [5, 5.41) is 22.4. The molecule has 1 saturated heterocycles. The molecular weight excluding hydrogens is 402 g/mol. The van der Waals surface area contributed by atoms with Crippen LogP contribution in [-0.2, 0) is 12.7 Å². The van der Waals surface area contributed by atoms with Crippen molar-refractivity contribution in [2.45, 2.75) is 32.2 Å². The summed E-state index contributed by atoms with van der Waals surface area (Å²) in [6.45, 7) is 4.17. The second-order valence-electron chi connectivity index (χ2n) is 7.71. The molecular formula is C20H19F4N5O. The van der Waals surface area contributed by atoms with Gasteiger partial charge in [-0.1, -0.05) is 12.1 Å². The number of aryl methyl sites for hydroxylation is 1. The summed E-state index contributed by atoms with van der Waals surface area (Å²) in [4.78, 5) is 6.30. The van der Waals surface area contributed by atoms with Crippen molar-refractivity contribution in [2.24, 2.45) is 0 Å². The number of fused-ring (bicyclic) bond motifs is 1. The third kappa shape index (κ3) is 3.74. The van der Waals surface area contributed by atoms with Crippen LogP contribution in [0.5, 0.6) is 0 Å². The number of aromatic nitrogens is 3. The number of nitrogens with zero attached hydrogens (tertiary/aromatic N) is 4. The van der Waals surface area contributed by atoms with Gasteiger partial charge in [0.05, 0.1) is 16.9 Å². The quantitative estimate of drug-likeness (QED) is 0.627. The molecule has 10 heteroatoms. The lowest BCUT2D eigenvalue weighted by atomic mass is 9.97. The first-order chi connectivity index (χ1) is 14.0. The molecule has 1 fully saturated rings. The van der Waals surface area contributed by atoms with E-state index in [9.17, 15) is 22.7 Å². The van der Waals surface area contributed by atoms with Crippen molar-refractivity contribution in [2.75, 3.05) is 23.3 Å². The minimum atomic E-state index is -4.77. The smallest absolute Gasteiger partial charge is 0.386 e. The number of pyridine rings is 1. The Morgan fingerprint density at radius 3 is 2.60 bits per heavy atom. The molecule has 1 aromatic carbocycles. The maximum absolute atomic E-state index is 14.3. The summed E-state index contributed by atoms with van der Waals surface area (Å²) >= 11 is 0. The molecule has 0 amide bonds. The van der Waals surface area contributed by atoms with E-state index in [4.69, 9.17) is 0 Å². The van der Waals surface area contributed by atoms with Crippen LogP contribution in [0.1, 0.15) is 23.7 Å². The molecule has 1 aliphatic rings. The number of anilines is 2. The van der Waals surface area contributed by atoms with Gasteiger partial charge >= 0.3 is 6.18 Å². The fraction of sp³-hybridized carbons (Fsp3) is 0.350. The van der Waals surface area contributed by atoms with Crippen molar-refractivity contribution in [3.8, 4) is 0 Å². The van der Waals surface area contributed by atoms with Crippen molar-refractivity contribution >= 4 is 22.4 Å². The van der Waals surface area contributed by atoms with Crippen LogP contribution in [0.25, 0.3) is 10.8 Å². The van der Waals surface area contributed by atoms with Gasteiger partial charge in [-0.2, -0.15) is 18.3 Å².